The fourth-order valence-electron chi connectivity index (χ4n) is 2.23. The predicted octanol–water partition coefficient (Wildman–Crippen LogP) is 2.06. The van der Waals surface area contributed by atoms with E-state index in [0.29, 0.717) is 17.1 Å². The Morgan fingerprint density at radius 3 is 2.71 bits per heavy atom. The molecule has 0 atom stereocenters. The molecule has 21 heavy (non-hydrogen) atoms. The molecule has 0 saturated heterocycles. The minimum Gasteiger partial charge on any atom is -0.871 e. The summed E-state index contributed by atoms with van der Waals surface area (Å²) in [6, 6.07) is 8.94. The third-order valence-electron chi connectivity index (χ3n) is 3.27. The zero-order valence-corrected chi connectivity index (χ0v) is 12.6. The van der Waals surface area contributed by atoms with Crippen LogP contribution in [-0.2, 0) is 13.1 Å². The monoisotopic (exact) mass is 325 g/mol. The molecule has 0 aliphatic carbocycles. The lowest BCUT2D eigenvalue weighted by Crippen LogP contribution is -2.80. The van der Waals surface area contributed by atoms with Crippen molar-refractivity contribution in [3.8, 4) is 17.2 Å². The second kappa shape index (κ2) is 6.02. The average molecular weight is 326 g/mol. The zero-order chi connectivity index (χ0) is 14.8. The van der Waals surface area contributed by atoms with Gasteiger partial charge in [-0.25, -0.2) is 0 Å². The van der Waals surface area contributed by atoms with Crippen molar-refractivity contribution in [3.05, 3.63) is 51.5 Å². The van der Waals surface area contributed by atoms with Gasteiger partial charge in [-0.1, -0.05) is 29.0 Å². The standard InChI is InChI=1S/C15H13Cl2NO3/c16-11-4-10(15(19)12(17)5-11)7-18-6-9-1-2-13-14(3-9)21-8-20-13/h1-5,18-19H,6-8H2. The summed E-state index contributed by atoms with van der Waals surface area (Å²) in [4.78, 5) is 0. The van der Waals surface area contributed by atoms with Crippen molar-refractivity contribution in [1.82, 2.24) is 0 Å². The number of benzene rings is 2. The van der Waals surface area contributed by atoms with Crippen LogP contribution < -0.4 is 19.9 Å². The van der Waals surface area contributed by atoms with Crippen LogP contribution in [0.5, 0.6) is 17.2 Å². The first-order chi connectivity index (χ1) is 10.1. The highest BCUT2D eigenvalue weighted by atomic mass is 35.5. The van der Waals surface area contributed by atoms with Gasteiger partial charge in [0.05, 0.1) is 0 Å². The van der Waals surface area contributed by atoms with E-state index >= 15 is 0 Å². The lowest BCUT2D eigenvalue weighted by atomic mass is 10.1. The fraction of sp³-hybridized carbons (Fsp3) is 0.200. The Labute approximate surface area is 132 Å². The van der Waals surface area contributed by atoms with Crippen molar-refractivity contribution in [2.24, 2.45) is 0 Å². The minimum absolute atomic E-state index is 0.161. The first-order valence-corrected chi connectivity index (χ1v) is 7.24. The highest BCUT2D eigenvalue weighted by molar-refractivity contribution is 6.35. The van der Waals surface area contributed by atoms with E-state index in [1.807, 2.05) is 23.5 Å². The SMILES string of the molecule is [O-]c1c(Cl)cc(Cl)cc1C[NH2+]Cc1ccc2c(c1)OCO2. The number of halogens is 2. The van der Waals surface area contributed by atoms with Gasteiger partial charge in [0.25, 0.3) is 0 Å². The molecule has 0 fully saturated rings. The summed E-state index contributed by atoms with van der Waals surface area (Å²) in [5.41, 5.74) is 1.70. The summed E-state index contributed by atoms with van der Waals surface area (Å²) >= 11 is 11.8. The molecule has 0 radical (unpaired) electrons. The van der Waals surface area contributed by atoms with Gasteiger partial charge in [0.1, 0.15) is 13.1 Å². The van der Waals surface area contributed by atoms with E-state index in [1.165, 1.54) is 6.07 Å². The number of rotatable bonds is 4. The molecule has 2 N–H and O–H groups in total. The molecule has 0 amide bonds. The number of nitrogens with two attached hydrogens (primary N) is 1. The van der Waals surface area contributed by atoms with Crippen LogP contribution in [0.2, 0.25) is 10.0 Å². The number of quaternary nitrogens is 1. The molecular weight excluding hydrogens is 313 g/mol. The lowest BCUT2D eigenvalue weighted by molar-refractivity contribution is -0.686. The minimum atomic E-state index is -0.164. The van der Waals surface area contributed by atoms with E-state index in [-0.39, 0.29) is 17.6 Å². The molecule has 0 aromatic heterocycles. The maximum absolute atomic E-state index is 11.9. The largest absolute Gasteiger partial charge is 0.871 e. The van der Waals surface area contributed by atoms with Gasteiger partial charge in [-0.15, -0.1) is 0 Å². The molecule has 110 valence electrons. The van der Waals surface area contributed by atoms with Crippen LogP contribution in [0.3, 0.4) is 0 Å². The Balaban J connectivity index is 1.64. The molecule has 0 unspecified atom stereocenters. The van der Waals surface area contributed by atoms with Gasteiger partial charge in [0, 0.05) is 21.2 Å². The van der Waals surface area contributed by atoms with Crippen LogP contribution in [0.1, 0.15) is 11.1 Å². The second-order valence-corrected chi connectivity index (χ2v) is 5.60. The van der Waals surface area contributed by atoms with Crippen molar-refractivity contribution in [3.63, 3.8) is 0 Å². The Hall–Kier alpha value is -1.62. The fourth-order valence-corrected chi connectivity index (χ4v) is 2.76. The third kappa shape index (κ3) is 3.18. The summed E-state index contributed by atoms with van der Waals surface area (Å²) < 4.78 is 10.6. The third-order valence-corrected chi connectivity index (χ3v) is 3.77. The maximum Gasteiger partial charge on any atom is 0.231 e. The Kier molecular flexibility index (Phi) is 4.10. The van der Waals surface area contributed by atoms with Gasteiger partial charge in [-0.2, -0.15) is 0 Å². The van der Waals surface area contributed by atoms with E-state index in [0.717, 1.165) is 23.6 Å². The summed E-state index contributed by atoms with van der Waals surface area (Å²) in [6.45, 7) is 1.51. The van der Waals surface area contributed by atoms with E-state index in [1.54, 1.807) is 6.07 Å². The number of ether oxygens (including phenoxy) is 2. The summed E-state index contributed by atoms with van der Waals surface area (Å²) in [5, 5.41) is 14.5. The molecule has 4 nitrogen and oxygen atoms in total. The van der Waals surface area contributed by atoms with Crippen LogP contribution in [-0.4, -0.2) is 6.79 Å². The number of hydrogen-bond acceptors (Lipinski definition) is 3. The van der Waals surface area contributed by atoms with Crippen molar-refractivity contribution in [1.29, 1.82) is 0 Å². The van der Waals surface area contributed by atoms with E-state index in [9.17, 15) is 5.11 Å². The van der Waals surface area contributed by atoms with Gasteiger partial charge >= 0.3 is 0 Å². The Bertz CT molecular complexity index is 676. The van der Waals surface area contributed by atoms with Crippen LogP contribution in [0.25, 0.3) is 0 Å². The maximum atomic E-state index is 11.9. The Morgan fingerprint density at radius 2 is 1.86 bits per heavy atom. The van der Waals surface area contributed by atoms with Crippen molar-refractivity contribution in [2.75, 3.05) is 6.79 Å². The predicted molar refractivity (Wildman–Crippen MR) is 77.8 cm³/mol. The molecule has 1 aliphatic heterocycles. The van der Waals surface area contributed by atoms with E-state index in [4.69, 9.17) is 32.7 Å². The molecule has 1 heterocycles. The van der Waals surface area contributed by atoms with Gasteiger partial charge in [-0.3, -0.25) is 0 Å². The topological polar surface area (TPSA) is 58.1 Å². The van der Waals surface area contributed by atoms with Crippen molar-refractivity contribution in [2.45, 2.75) is 13.1 Å². The van der Waals surface area contributed by atoms with E-state index in [2.05, 4.69) is 0 Å². The van der Waals surface area contributed by atoms with Crippen LogP contribution >= 0.6 is 23.2 Å². The van der Waals surface area contributed by atoms with Crippen molar-refractivity contribution < 1.29 is 19.9 Å². The molecule has 0 bridgehead atoms. The number of hydrogen-bond donors (Lipinski definition) is 1. The molecule has 6 heteroatoms. The Morgan fingerprint density at radius 1 is 1.05 bits per heavy atom. The van der Waals surface area contributed by atoms with E-state index < -0.39 is 0 Å². The van der Waals surface area contributed by atoms with Crippen molar-refractivity contribution >= 4 is 23.2 Å². The second-order valence-electron chi connectivity index (χ2n) is 4.76. The van der Waals surface area contributed by atoms with Gasteiger partial charge in [-0.05, 0) is 30.3 Å². The molecule has 1 aliphatic rings. The number of fused-ring (bicyclic) bond motifs is 1. The van der Waals surface area contributed by atoms with Crippen LogP contribution in [0, 0.1) is 0 Å². The molecule has 2 aromatic rings. The first-order valence-electron chi connectivity index (χ1n) is 6.48. The average Bonchev–Trinajstić information content (AvgIpc) is 2.91. The zero-order valence-electron chi connectivity index (χ0n) is 11.1. The summed E-state index contributed by atoms with van der Waals surface area (Å²) in [5.74, 6) is 1.36. The summed E-state index contributed by atoms with van der Waals surface area (Å²) in [6.07, 6.45) is 0. The van der Waals surface area contributed by atoms with Gasteiger partial charge in [0.2, 0.25) is 6.79 Å². The first kappa shape index (κ1) is 14.3. The smallest absolute Gasteiger partial charge is 0.231 e. The van der Waals surface area contributed by atoms with Crippen LogP contribution in [0.15, 0.2) is 30.3 Å². The lowest BCUT2D eigenvalue weighted by Gasteiger charge is -2.15. The summed E-state index contributed by atoms with van der Waals surface area (Å²) in [7, 11) is 0. The van der Waals surface area contributed by atoms with Crippen LogP contribution in [0.4, 0.5) is 0 Å². The molecular formula is C15H13Cl2NO3. The van der Waals surface area contributed by atoms with Gasteiger partial charge < -0.3 is 19.9 Å². The normalized spacial score (nSPS) is 12.7. The quantitative estimate of drug-likeness (QED) is 0.936. The highest BCUT2D eigenvalue weighted by Gasteiger charge is 2.13. The molecule has 2 aromatic carbocycles. The molecule has 0 saturated carbocycles. The molecule has 3 rings (SSSR count). The van der Waals surface area contributed by atoms with Gasteiger partial charge in [0.15, 0.2) is 11.5 Å². The highest BCUT2D eigenvalue weighted by Crippen LogP contribution is 2.32. The molecule has 0 spiro atoms.